The first-order valence-electron chi connectivity index (χ1n) is 4.55. The second-order valence-electron chi connectivity index (χ2n) is 3.51. The summed E-state index contributed by atoms with van der Waals surface area (Å²) in [7, 11) is 0. The van der Waals surface area contributed by atoms with Gasteiger partial charge in [-0.1, -0.05) is 6.92 Å². The highest BCUT2D eigenvalue weighted by molar-refractivity contribution is 4.66. The maximum absolute atomic E-state index is 8.81. The van der Waals surface area contributed by atoms with E-state index in [-0.39, 0.29) is 0 Å². The van der Waals surface area contributed by atoms with Crippen molar-refractivity contribution in [1.29, 1.82) is 0 Å². The van der Waals surface area contributed by atoms with Crippen LogP contribution in [0.4, 0.5) is 0 Å². The van der Waals surface area contributed by atoms with Gasteiger partial charge in [-0.25, -0.2) is 0 Å². The fourth-order valence-corrected chi connectivity index (χ4v) is 1.52. The minimum absolute atomic E-state index is 0.292. The second kappa shape index (κ2) is 4.73. The average Bonchev–Trinajstić information content (AvgIpc) is 2.06. The third-order valence-electron chi connectivity index (χ3n) is 2.25. The molecule has 0 aromatic carbocycles. The Morgan fingerprint density at radius 3 is 2.91 bits per heavy atom. The zero-order valence-corrected chi connectivity index (χ0v) is 7.25. The molecule has 0 aromatic rings. The molecule has 1 rings (SSSR count). The Morgan fingerprint density at radius 1 is 1.55 bits per heavy atom. The molecule has 1 fully saturated rings. The van der Waals surface area contributed by atoms with E-state index in [2.05, 4.69) is 6.92 Å². The fraction of sp³-hybridized carbons (Fsp3) is 1.00. The molecule has 0 bridgehead atoms. The van der Waals surface area contributed by atoms with Crippen LogP contribution in [-0.2, 0) is 4.74 Å². The lowest BCUT2D eigenvalue weighted by Crippen LogP contribution is -2.22. The summed E-state index contributed by atoms with van der Waals surface area (Å²) in [5.74, 6) is 0.401. The predicted octanol–water partition coefficient (Wildman–Crippen LogP) is 1.57. The molecule has 11 heavy (non-hydrogen) atoms. The molecule has 1 heterocycles. The summed E-state index contributed by atoms with van der Waals surface area (Å²) in [6.07, 6.45) is 5.14. The van der Waals surface area contributed by atoms with Crippen LogP contribution in [0.15, 0.2) is 0 Å². The van der Waals surface area contributed by atoms with Gasteiger partial charge in [0.2, 0.25) is 0 Å². The van der Waals surface area contributed by atoms with E-state index in [4.69, 9.17) is 9.84 Å². The molecule has 2 heteroatoms. The molecule has 1 aliphatic rings. The highest BCUT2D eigenvalue weighted by Crippen LogP contribution is 2.18. The highest BCUT2D eigenvalue weighted by Gasteiger charge is 2.15. The standard InChI is InChI=1S/C9H18O2/c1-8(7-10)6-9-4-2-3-5-11-9/h8-10H,2-7H2,1H3. The molecular weight excluding hydrogens is 140 g/mol. The maximum atomic E-state index is 8.81. The van der Waals surface area contributed by atoms with Crippen LogP contribution in [-0.4, -0.2) is 24.4 Å². The van der Waals surface area contributed by atoms with Gasteiger partial charge in [0, 0.05) is 13.2 Å². The SMILES string of the molecule is CC(CO)CC1CCCCO1. The van der Waals surface area contributed by atoms with Gasteiger partial charge in [-0.2, -0.15) is 0 Å². The van der Waals surface area contributed by atoms with Crippen LogP contribution in [0.5, 0.6) is 0 Å². The number of hydrogen-bond donors (Lipinski definition) is 1. The predicted molar refractivity (Wildman–Crippen MR) is 44.5 cm³/mol. The Kier molecular flexibility index (Phi) is 3.87. The Morgan fingerprint density at radius 2 is 2.36 bits per heavy atom. The molecular formula is C9H18O2. The van der Waals surface area contributed by atoms with Gasteiger partial charge in [-0.3, -0.25) is 0 Å². The molecule has 0 aliphatic carbocycles. The van der Waals surface area contributed by atoms with Gasteiger partial charge in [-0.05, 0) is 31.6 Å². The maximum Gasteiger partial charge on any atom is 0.0578 e. The van der Waals surface area contributed by atoms with Crippen LogP contribution >= 0.6 is 0 Å². The van der Waals surface area contributed by atoms with Crippen LogP contribution in [0, 0.1) is 5.92 Å². The van der Waals surface area contributed by atoms with E-state index in [0.29, 0.717) is 18.6 Å². The summed E-state index contributed by atoms with van der Waals surface area (Å²) in [4.78, 5) is 0. The minimum atomic E-state index is 0.292. The van der Waals surface area contributed by atoms with Crippen LogP contribution in [0.3, 0.4) is 0 Å². The smallest absolute Gasteiger partial charge is 0.0578 e. The van der Waals surface area contributed by atoms with Crippen molar-refractivity contribution in [3.05, 3.63) is 0 Å². The Labute approximate surface area is 68.6 Å². The van der Waals surface area contributed by atoms with E-state index in [1.54, 1.807) is 0 Å². The van der Waals surface area contributed by atoms with Gasteiger partial charge in [-0.15, -0.1) is 0 Å². The van der Waals surface area contributed by atoms with Crippen molar-refractivity contribution in [2.75, 3.05) is 13.2 Å². The summed E-state index contributed by atoms with van der Waals surface area (Å²) < 4.78 is 5.54. The quantitative estimate of drug-likeness (QED) is 0.675. The van der Waals surface area contributed by atoms with Crippen LogP contribution in [0.2, 0.25) is 0 Å². The third kappa shape index (κ3) is 3.21. The number of rotatable bonds is 3. The fourth-order valence-electron chi connectivity index (χ4n) is 1.52. The zero-order valence-electron chi connectivity index (χ0n) is 7.25. The molecule has 1 saturated heterocycles. The summed E-state index contributed by atoms with van der Waals surface area (Å²) in [5.41, 5.74) is 0. The molecule has 2 atom stereocenters. The van der Waals surface area contributed by atoms with Gasteiger partial charge < -0.3 is 9.84 Å². The van der Waals surface area contributed by atoms with Gasteiger partial charge in [0.15, 0.2) is 0 Å². The van der Waals surface area contributed by atoms with E-state index in [9.17, 15) is 0 Å². The van der Waals surface area contributed by atoms with Crippen molar-refractivity contribution in [1.82, 2.24) is 0 Å². The molecule has 66 valence electrons. The lowest BCUT2D eigenvalue weighted by Gasteiger charge is -2.24. The lowest BCUT2D eigenvalue weighted by molar-refractivity contribution is -0.00189. The molecule has 0 saturated carbocycles. The van der Waals surface area contributed by atoms with Gasteiger partial charge >= 0.3 is 0 Å². The van der Waals surface area contributed by atoms with Crippen molar-refractivity contribution in [2.45, 2.75) is 38.7 Å². The van der Waals surface area contributed by atoms with Crippen LogP contribution in [0.25, 0.3) is 0 Å². The summed E-state index contributed by atoms with van der Waals surface area (Å²) in [5, 5.41) is 8.81. The Bertz CT molecular complexity index is 97.7. The molecule has 1 N–H and O–H groups in total. The van der Waals surface area contributed by atoms with Gasteiger partial charge in [0.1, 0.15) is 0 Å². The highest BCUT2D eigenvalue weighted by atomic mass is 16.5. The van der Waals surface area contributed by atoms with E-state index < -0.39 is 0 Å². The van der Waals surface area contributed by atoms with Crippen molar-refractivity contribution < 1.29 is 9.84 Å². The van der Waals surface area contributed by atoms with Crippen molar-refractivity contribution in [3.63, 3.8) is 0 Å². The third-order valence-corrected chi connectivity index (χ3v) is 2.25. The first-order valence-corrected chi connectivity index (χ1v) is 4.55. The van der Waals surface area contributed by atoms with E-state index >= 15 is 0 Å². The molecule has 2 unspecified atom stereocenters. The summed E-state index contributed by atoms with van der Waals surface area (Å²) >= 11 is 0. The normalized spacial score (nSPS) is 28.4. The average molecular weight is 158 g/mol. The van der Waals surface area contributed by atoms with Crippen LogP contribution in [0.1, 0.15) is 32.6 Å². The molecule has 0 radical (unpaired) electrons. The van der Waals surface area contributed by atoms with Crippen molar-refractivity contribution in [2.24, 2.45) is 5.92 Å². The molecule has 0 spiro atoms. The number of aliphatic hydroxyl groups is 1. The zero-order chi connectivity index (χ0) is 8.10. The first kappa shape index (κ1) is 9.01. The van der Waals surface area contributed by atoms with Gasteiger partial charge in [0.25, 0.3) is 0 Å². The number of aliphatic hydroxyl groups excluding tert-OH is 1. The van der Waals surface area contributed by atoms with E-state index in [1.807, 2.05) is 0 Å². The first-order chi connectivity index (χ1) is 5.33. The topological polar surface area (TPSA) is 29.5 Å². The number of ether oxygens (including phenoxy) is 1. The van der Waals surface area contributed by atoms with E-state index in [0.717, 1.165) is 13.0 Å². The largest absolute Gasteiger partial charge is 0.396 e. The Balaban J connectivity index is 2.13. The molecule has 2 nitrogen and oxygen atoms in total. The minimum Gasteiger partial charge on any atom is -0.396 e. The summed E-state index contributed by atoms with van der Waals surface area (Å²) in [6, 6.07) is 0. The Hall–Kier alpha value is -0.0800. The van der Waals surface area contributed by atoms with Crippen LogP contribution < -0.4 is 0 Å². The lowest BCUT2D eigenvalue weighted by atomic mass is 9.99. The number of hydrogen-bond acceptors (Lipinski definition) is 2. The second-order valence-corrected chi connectivity index (χ2v) is 3.51. The molecule has 1 aliphatic heterocycles. The molecule has 0 aromatic heterocycles. The van der Waals surface area contributed by atoms with E-state index in [1.165, 1.54) is 19.3 Å². The summed E-state index contributed by atoms with van der Waals surface area (Å²) in [6.45, 7) is 3.28. The molecule has 0 amide bonds. The van der Waals surface area contributed by atoms with Crippen molar-refractivity contribution >= 4 is 0 Å². The van der Waals surface area contributed by atoms with Gasteiger partial charge in [0.05, 0.1) is 6.10 Å². The monoisotopic (exact) mass is 158 g/mol. The van der Waals surface area contributed by atoms with Crippen molar-refractivity contribution in [3.8, 4) is 0 Å².